The van der Waals surface area contributed by atoms with E-state index in [4.69, 9.17) is 4.52 Å². The number of anilines is 1. The maximum Gasteiger partial charge on any atom is 0.263 e. The first-order valence-electron chi connectivity index (χ1n) is 8.40. The standard InChI is InChI=1S/C20H17N5OS/c1-27-16-9-7-14(8-10-16)11-22-19-17(12-21-13-23-19)20-24-18(25-26-20)15-5-3-2-4-6-15/h2-10,12-13H,11H2,1H3,(H,21,22,23). The van der Waals surface area contributed by atoms with Gasteiger partial charge in [-0.25, -0.2) is 9.97 Å². The lowest BCUT2D eigenvalue weighted by molar-refractivity contribution is 0.432. The highest BCUT2D eigenvalue weighted by Gasteiger charge is 2.15. The van der Waals surface area contributed by atoms with E-state index in [1.54, 1.807) is 18.0 Å². The van der Waals surface area contributed by atoms with Crippen LogP contribution in [0, 0.1) is 0 Å². The monoisotopic (exact) mass is 375 g/mol. The zero-order valence-electron chi connectivity index (χ0n) is 14.7. The first-order valence-corrected chi connectivity index (χ1v) is 9.62. The highest BCUT2D eigenvalue weighted by molar-refractivity contribution is 7.98. The van der Waals surface area contributed by atoms with E-state index >= 15 is 0 Å². The summed E-state index contributed by atoms with van der Waals surface area (Å²) in [6, 6.07) is 18.1. The van der Waals surface area contributed by atoms with Crippen molar-refractivity contribution in [3.05, 3.63) is 72.7 Å². The number of rotatable bonds is 6. The fraction of sp³-hybridized carbons (Fsp3) is 0.100. The first kappa shape index (κ1) is 17.2. The third-order valence-electron chi connectivity index (χ3n) is 4.02. The molecule has 0 aliphatic carbocycles. The quantitative estimate of drug-likeness (QED) is 0.496. The molecule has 0 atom stereocenters. The molecule has 2 aromatic heterocycles. The molecule has 0 spiro atoms. The van der Waals surface area contributed by atoms with Crippen LogP contribution < -0.4 is 5.32 Å². The van der Waals surface area contributed by atoms with Crippen LogP contribution in [-0.2, 0) is 6.54 Å². The molecule has 2 aromatic carbocycles. The molecule has 4 aromatic rings. The second kappa shape index (κ2) is 8.01. The molecule has 6 nitrogen and oxygen atoms in total. The van der Waals surface area contributed by atoms with E-state index < -0.39 is 0 Å². The molecule has 0 amide bonds. The van der Waals surface area contributed by atoms with Crippen molar-refractivity contribution in [1.29, 1.82) is 0 Å². The van der Waals surface area contributed by atoms with Crippen molar-refractivity contribution in [3.8, 4) is 22.8 Å². The molecule has 1 N–H and O–H groups in total. The van der Waals surface area contributed by atoms with Gasteiger partial charge in [-0.1, -0.05) is 47.6 Å². The Kier molecular flexibility index (Phi) is 5.11. The third-order valence-corrected chi connectivity index (χ3v) is 4.76. The molecule has 2 heterocycles. The minimum absolute atomic E-state index is 0.384. The van der Waals surface area contributed by atoms with Crippen molar-refractivity contribution in [2.24, 2.45) is 0 Å². The fourth-order valence-corrected chi connectivity index (χ4v) is 3.00. The Balaban J connectivity index is 1.55. The largest absolute Gasteiger partial charge is 0.365 e. The molecule has 7 heteroatoms. The molecule has 0 fully saturated rings. The van der Waals surface area contributed by atoms with Crippen LogP contribution >= 0.6 is 11.8 Å². The Morgan fingerprint density at radius 3 is 2.63 bits per heavy atom. The highest BCUT2D eigenvalue weighted by atomic mass is 32.2. The number of hydrogen-bond donors (Lipinski definition) is 1. The average molecular weight is 375 g/mol. The molecule has 0 saturated heterocycles. The van der Waals surface area contributed by atoms with Gasteiger partial charge in [-0.3, -0.25) is 0 Å². The summed E-state index contributed by atoms with van der Waals surface area (Å²) in [4.78, 5) is 14.2. The van der Waals surface area contributed by atoms with Crippen molar-refractivity contribution in [3.63, 3.8) is 0 Å². The topological polar surface area (TPSA) is 76.7 Å². The van der Waals surface area contributed by atoms with Gasteiger partial charge in [-0.15, -0.1) is 11.8 Å². The van der Waals surface area contributed by atoms with E-state index in [1.807, 2.05) is 30.3 Å². The SMILES string of the molecule is CSc1ccc(CNc2ncncc2-c2nc(-c3ccccc3)no2)cc1. The number of nitrogens with one attached hydrogen (secondary N) is 1. The summed E-state index contributed by atoms with van der Waals surface area (Å²) in [5.41, 5.74) is 2.73. The van der Waals surface area contributed by atoms with Crippen molar-refractivity contribution in [2.75, 3.05) is 11.6 Å². The summed E-state index contributed by atoms with van der Waals surface area (Å²) in [6.45, 7) is 0.637. The van der Waals surface area contributed by atoms with Crippen LogP contribution in [0.5, 0.6) is 0 Å². The van der Waals surface area contributed by atoms with Crippen molar-refractivity contribution in [1.82, 2.24) is 20.1 Å². The van der Waals surface area contributed by atoms with Crippen LogP contribution in [0.4, 0.5) is 5.82 Å². The lowest BCUT2D eigenvalue weighted by atomic mass is 10.2. The lowest BCUT2D eigenvalue weighted by Crippen LogP contribution is -2.03. The number of hydrogen-bond acceptors (Lipinski definition) is 7. The zero-order valence-corrected chi connectivity index (χ0v) is 15.5. The van der Waals surface area contributed by atoms with Gasteiger partial charge in [-0.05, 0) is 24.0 Å². The van der Waals surface area contributed by atoms with E-state index in [9.17, 15) is 0 Å². The smallest absolute Gasteiger partial charge is 0.263 e. The summed E-state index contributed by atoms with van der Waals surface area (Å²) in [6.07, 6.45) is 5.24. The summed E-state index contributed by atoms with van der Waals surface area (Å²) in [5.74, 6) is 1.57. The van der Waals surface area contributed by atoms with Gasteiger partial charge in [0.2, 0.25) is 5.82 Å². The number of thioether (sulfide) groups is 1. The van der Waals surface area contributed by atoms with Gasteiger partial charge in [-0.2, -0.15) is 4.98 Å². The van der Waals surface area contributed by atoms with E-state index in [-0.39, 0.29) is 0 Å². The van der Waals surface area contributed by atoms with Crippen LogP contribution in [0.2, 0.25) is 0 Å². The second-order valence-corrected chi connectivity index (χ2v) is 6.66. The normalized spacial score (nSPS) is 10.7. The van der Waals surface area contributed by atoms with Gasteiger partial charge in [0.05, 0.1) is 0 Å². The lowest BCUT2D eigenvalue weighted by Gasteiger charge is -2.08. The molecule has 0 radical (unpaired) electrons. The van der Waals surface area contributed by atoms with Crippen molar-refractivity contribution in [2.45, 2.75) is 11.4 Å². The molecule has 4 rings (SSSR count). The summed E-state index contributed by atoms with van der Waals surface area (Å²) < 4.78 is 5.44. The van der Waals surface area contributed by atoms with Crippen LogP contribution in [0.3, 0.4) is 0 Å². The predicted molar refractivity (Wildman–Crippen MR) is 106 cm³/mol. The van der Waals surface area contributed by atoms with Crippen LogP contribution in [-0.4, -0.2) is 26.4 Å². The summed E-state index contributed by atoms with van der Waals surface area (Å²) in [5, 5.41) is 7.40. The van der Waals surface area contributed by atoms with E-state index in [0.717, 1.165) is 11.1 Å². The molecule has 0 unspecified atom stereocenters. The second-order valence-electron chi connectivity index (χ2n) is 5.78. The summed E-state index contributed by atoms with van der Waals surface area (Å²) >= 11 is 1.72. The molecule has 0 aliphatic heterocycles. The molecule has 134 valence electrons. The number of aromatic nitrogens is 4. The molecular weight excluding hydrogens is 358 g/mol. The number of nitrogens with zero attached hydrogens (tertiary/aromatic N) is 4. The predicted octanol–water partition coefficient (Wildman–Crippen LogP) is 4.53. The minimum atomic E-state index is 0.384. The fourth-order valence-electron chi connectivity index (χ4n) is 2.59. The Bertz CT molecular complexity index is 1020. The Morgan fingerprint density at radius 1 is 1.04 bits per heavy atom. The Morgan fingerprint density at radius 2 is 1.85 bits per heavy atom. The minimum Gasteiger partial charge on any atom is -0.365 e. The molecule has 0 bridgehead atoms. The highest BCUT2D eigenvalue weighted by Crippen LogP contribution is 2.26. The van der Waals surface area contributed by atoms with E-state index in [0.29, 0.717) is 29.6 Å². The van der Waals surface area contributed by atoms with Crippen LogP contribution in [0.25, 0.3) is 22.8 Å². The number of benzene rings is 2. The first-order chi connectivity index (χ1) is 13.3. The average Bonchev–Trinajstić information content (AvgIpc) is 3.23. The van der Waals surface area contributed by atoms with Gasteiger partial charge in [0.15, 0.2) is 0 Å². The van der Waals surface area contributed by atoms with E-state index in [1.165, 1.54) is 11.2 Å². The van der Waals surface area contributed by atoms with Crippen LogP contribution in [0.1, 0.15) is 5.56 Å². The maximum absolute atomic E-state index is 5.44. The van der Waals surface area contributed by atoms with Gasteiger partial charge in [0, 0.05) is 23.2 Å². The maximum atomic E-state index is 5.44. The van der Waals surface area contributed by atoms with Crippen molar-refractivity contribution >= 4 is 17.6 Å². The van der Waals surface area contributed by atoms with Crippen molar-refractivity contribution < 1.29 is 4.52 Å². The van der Waals surface area contributed by atoms with Crippen LogP contribution in [0.15, 0.2) is 76.5 Å². The molecule has 0 aliphatic rings. The third kappa shape index (κ3) is 3.98. The van der Waals surface area contributed by atoms with E-state index in [2.05, 4.69) is 55.9 Å². The van der Waals surface area contributed by atoms with Gasteiger partial charge in [0.25, 0.3) is 5.89 Å². The Labute approximate surface area is 161 Å². The molecule has 27 heavy (non-hydrogen) atoms. The molecule has 0 saturated carbocycles. The molecular formula is C20H17N5OS. The Hall–Kier alpha value is -3.19. The van der Waals surface area contributed by atoms with Gasteiger partial charge < -0.3 is 9.84 Å². The summed E-state index contributed by atoms with van der Waals surface area (Å²) in [7, 11) is 0. The van der Waals surface area contributed by atoms with Gasteiger partial charge >= 0.3 is 0 Å². The zero-order chi connectivity index (χ0) is 18.5. The van der Waals surface area contributed by atoms with Gasteiger partial charge in [0.1, 0.15) is 17.7 Å².